The van der Waals surface area contributed by atoms with Crippen LogP contribution in [0.25, 0.3) is 0 Å². The molecular weight excluding hydrogens is 329 g/mol. The molecule has 2 aliphatic heterocycles. The predicted molar refractivity (Wildman–Crippen MR) is 90.3 cm³/mol. The maximum Gasteiger partial charge on any atom is 0.416 e. The Hall–Kier alpha value is -1.82. The highest BCUT2D eigenvalue weighted by Crippen LogP contribution is 2.29. The Bertz CT molecular complexity index is 619. The van der Waals surface area contributed by atoms with Crippen molar-refractivity contribution in [1.82, 2.24) is 9.80 Å². The first kappa shape index (κ1) is 18.0. The van der Waals surface area contributed by atoms with Crippen molar-refractivity contribution in [1.29, 1.82) is 0 Å². The molecule has 6 heteroatoms. The van der Waals surface area contributed by atoms with E-state index in [0.29, 0.717) is 6.04 Å². The number of carbonyl (C=O) groups is 1. The van der Waals surface area contributed by atoms with Crippen LogP contribution in [0.2, 0.25) is 0 Å². The number of benzene rings is 1. The number of carbonyl (C=O) groups excluding carboxylic acids is 1. The summed E-state index contributed by atoms with van der Waals surface area (Å²) in [5.41, 5.74) is -0.460. The van der Waals surface area contributed by atoms with E-state index >= 15 is 0 Å². The van der Waals surface area contributed by atoms with Crippen LogP contribution in [0.4, 0.5) is 13.2 Å². The van der Waals surface area contributed by atoms with E-state index in [1.54, 1.807) is 0 Å². The van der Waals surface area contributed by atoms with Crippen molar-refractivity contribution in [3.8, 4) is 0 Å². The zero-order valence-corrected chi connectivity index (χ0v) is 14.1. The first-order valence-corrected chi connectivity index (χ1v) is 8.81. The monoisotopic (exact) mass is 352 g/mol. The van der Waals surface area contributed by atoms with E-state index in [9.17, 15) is 18.0 Å². The van der Waals surface area contributed by atoms with Crippen LogP contribution in [0.15, 0.2) is 36.5 Å². The zero-order chi connectivity index (χ0) is 17.9. The van der Waals surface area contributed by atoms with Crippen LogP contribution >= 0.6 is 0 Å². The molecule has 3 nitrogen and oxygen atoms in total. The number of ketones is 1. The molecule has 0 N–H and O–H groups in total. The second-order valence-electron chi connectivity index (χ2n) is 6.80. The third-order valence-electron chi connectivity index (χ3n) is 5.00. The predicted octanol–water partition coefficient (Wildman–Crippen LogP) is 3.96. The largest absolute Gasteiger partial charge is 0.416 e. The fourth-order valence-corrected chi connectivity index (χ4v) is 3.60. The number of halogens is 3. The van der Waals surface area contributed by atoms with E-state index in [1.165, 1.54) is 31.1 Å². The molecule has 2 aliphatic rings. The number of hydrogen-bond acceptors (Lipinski definition) is 3. The van der Waals surface area contributed by atoms with Gasteiger partial charge in [0.25, 0.3) is 0 Å². The van der Waals surface area contributed by atoms with Crippen molar-refractivity contribution < 1.29 is 18.0 Å². The third-order valence-corrected chi connectivity index (χ3v) is 5.00. The number of rotatable bonds is 5. The Morgan fingerprint density at radius 1 is 1.08 bits per heavy atom. The molecule has 136 valence electrons. The van der Waals surface area contributed by atoms with Gasteiger partial charge in [0.15, 0.2) is 5.78 Å². The van der Waals surface area contributed by atoms with Gasteiger partial charge in [0.1, 0.15) is 0 Å². The van der Waals surface area contributed by atoms with Crippen LogP contribution in [-0.2, 0) is 6.18 Å². The lowest BCUT2D eigenvalue weighted by atomic mass is 10.1. The van der Waals surface area contributed by atoms with Gasteiger partial charge in [0.05, 0.1) is 5.56 Å². The van der Waals surface area contributed by atoms with E-state index in [1.807, 2.05) is 6.20 Å². The summed E-state index contributed by atoms with van der Waals surface area (Å²) in [4.78, 5) is 16.9. The van der Waals surface area contributed by atoms with Gasteiger partial charge in [-0.3, -0.25) is 4.79 Å². The molecule has 1 atom stereocenters. The maximum absolute atomic E-state index is 12.6. The quantitative estimate of drug-likeness (QED) is 0.592. The van der Waals surface area contributed by atoms with Crippen LogP contribution in [0, 0.1) is 0 Å². The van der Waals surface area contributed by atoms with E-state index in [-0.39, 0.29) is 11.3 Å². The molecule has 0 spiro atoms. The Balaban J connectivity index is 1.59. The van der Waals surface area contributed by atoms with Crippen molar-refractivity contribution in [2.45, 2.75) is 37.9 Å². The summed E-state index contributed by atoms with van der Waals surface area (Å²) in [6, 6.07) is 4.80. The van der Waals surface area contributed by atoms with Crippen LogP contribution in [0.1, 0.15) is 41.6 Å². The molecule has 1 aromatic rings. The van der Waals surface area contributed by atoms with Crippen LogP contribution in [0.3, 0.4) is 0 Å². The SMILES string of the molecule is O=C(C=CN1CCC[C@H]1CN1CCCC1)c1ccc(C(F)(F)F)cc1. The molecule has 3 rings (SSSR count). The van der Waals surface area contributed by atoms with Crippen LogP contribution in [-0.4, -0.2) is 47.8 Å². The topological polar surface area (TPSA) is 23.6 Å². The van der Waals surface area contributed by atoms with Crippen LogP contribution < -0.4 is 0 Å². The van der Waals surface area contributed by atoms with E-state index in [2.05, 4.69) is 9.80 Å². The lowest BCUT2D eigenvalue weighted by Crippen LogP contribution is -2.36. The van der Waals surface area contributed by atoms with E-state index in [0.717, 1.165) is 51.2 Å². The molecule has 0 radical (unpaired) electrons. The minimum atomic E-state index is -4.38. The summed E-state index contributed by atoms with van der Waals surface area (Å²) >= 11 is 0. The third kappa shape index (κ3) is 4.63. The number of nitrogens with zero attached hydrogens (tertiary/aromatic N) is 2. The minimum Gasteiger partial charge on any atom is -0.373 e. The van der Waals surface area contributed by atoms with Gasteiger partial charge in [-0.15, -0.1) is 0 Å². The Labute approximate surface area is 146 Å². The standard InChI is InChI=1S/C19H23F3N2O/c20-19(21,22)16-7-5-15(6-8-16)18(25)9-13-24-12-3-4-17(24)14-23-10-1-2-11-23/h5-9,13,17H,1-4,10-12,14H2/t17-/m0/s1. The second-order valence-corrected chi connectivity index (χ2v) is 6.80. The van der Waals surface area contributed by atoms with E-state index in [4.69, 9.17) is 0 Å². The molecule has 2 heterocycles. The highest BCUT2D eigenvalue weighted by molar-refractivity contribution is 6.04. The highest BCUT2D eigenvalue weighted by Gasteiger charge is 2.30. The summed E-state index contributed by atoms with van der Waals surface area (Å²) in [6.07, 6.45) is 3.66. The average molecular weight is 352 g/mol. The summed E-state index contributed by atoms with van der Waals surface area (Å²) < 4.78 is 37.7. The molecule has 0 aromatic heterocycles. The average Bonchev–Trinajstić information content (AvgIpc) is 3.24. The van der Waals surface area contributed by atoms with Gasteiger partial charge in [-0.05, 0) is 50.9 Å². The summed E-state index contributed by atoms with van der Waals surface area (Å²) in [5, 5.41) is 0. The number of likely N-dealkylation sites (tertiary alicyclic amines) is 2. The molecule has 0 bridgehead atoms. The van der Waals surface area contributed by atoms with Gasteiger partial charge < -0.3 is 9.80 Å². The molecule has 2 saturated heterocycles. The van der Waals surface area contributed by atoms with Gasteiger partial charge in [0.2, 0.25) is 0 Å². The first-order chi connectivity index (χ1) is 11.9. The molecule has 0 amide bonds. The Kier molecular flexibility index (Phi) is 5.47. The molecule has 2 fully saturated rings. The van der Waals surface area contributed by atoms with Crippen molar-refractivity contribution in [3.63, 3.8) is 0 Å². The highest BCUT2D eigenvalue weighted by atomic mass is 19.4. The number of allylic oxidation sites excluding steroid dienone is 1. The summed E-state index contributed by atoms with van der Waals surface area (Å²) in [7, 11) is 0. The van der Waals surface area contributed by atoms with E-state index < -0.39 is 11.7 Å². The molecular formula is C19H23F3N2O. The smallest absolute Gasteiger partial charge is 0.373 e. The van der Waals surface area contributed by atoms with Crippen molar-refractivity contribution in [3.05, 3.63) is 47.7 Å². The normalized spacial score (nSPS) is 22.2. The molecule has 0 saturated carbocycles. The van der Waals surface area contributed by atoms with Crippen molar-refractivity contribution >= 4 is 5.78 Å². The summed E-state index contributed by atoms with van der Waals surface area (Å²) in [6.45, 7) is 4.26. The lowest BCUT2D eigenvalue weighted by Gasteiger charge is -2.27. The molecule has 0 unspecified atom stereocenters. The van der Waals surface area contributed by atoms with Crippen molar-refractivity contribution in [2.75, 3.05) is 26.2 Å². The van der Waals surface area contributed by atoms with Gasteiger partial charge in [-0.25, -0.2) is 0 Å². The molecule has 1 aromatic carbocycles. The fraction of sp³-hybridized carbons (Fsp3) is 0.526. The minimum absolute atomic E-state index is 0.263. The number of hydrogen-bond donors (Lipinski definition) is 0. The Morgan fingerprint density at radius 3 is 2.40 bits per heavy atom. The summed E-state index contributed by atoms with van der Waals surface area (Å²) in [5.74, 6) is -0.263. The second kappa shape index (κ2) is 7.60. The van der Waals surface area contributed by atoms with Gasteiger partial charge in [0, 0.05) is 37.0 Å². The zero-order valence-electron chi connectivity index (χ0n) is 14.1. The van der Waals surface area contributed by atoms with Gasteiger partial charge >= 0.3 is 6.18 Å². The van der Waals surface area contributed by atoms with Crippen LogP contribution in [0.5, 0.6) is 0 Å². The fourth-order valence-electron chi connectivity index (χ4n) is 3.60. The first-order valence-electron chi connectivity index (χ1n) is 8.81. The molecule has 0 aliphatic carbocycles. The van der Waals surface area contributed by atoms with Gasteiger partial charge in [-0.1, -0.05) is 12.1 Å². The van der Waals surface area contributed by atoms with Crippen molar-refractivity contribution in [2.24, 2.45) is 0 Å². The van der Waals surface area contributed by atoms with Gasteiger partial charge in [-0.2, -0.15) is 13.2 Å². The maximum atomic E-state index is 12.6. The Morgan fingerprint density at radius 2 is 1.76 bits per heavy atom. The number of alkyl halides is 3. The lowest BCUT2D eigenvalue weighted by molar-refractivity contribution is -0.137. The molecule has 25 heavy (non-hydrogen) atoms.